The number of aliphatic hydroxyl groups excluding tert-OH is 1. The zero-order chi connectivity index (χ0) is 16.2. The predicted octanol–water partition coefficient (Wildman–Crippen LogP) is 2.43. The summed E-state index contributed by atoms with van der Waals surface area (Å²) in [5, 5.41) is 14.6. The molecular weight excluding hydrogens is 296 g/mol. The van der Waals surface area contributed by atoms with Crippen LogP contribution < -0.4 is 5.32 Å². The molecule has 2 aliphatic heterocycles. The molecule has 1 aromatic carbocycles. The summed E-state index contributed by atoms with van der Waals surface area (Å²) in [7, 11) is 0. The van der Waals surface area contributed by atoms with Gasteiger partial charge in [-0.2, -0.15) is 0 Å². The Hall–Kier alpha value is -2.47. The second kappa shape index (κ2) is 4.76. The van der Waals surface area contributed by atoms with Crippen LogP contribution in [0.3, 0.4) is 0 Å². The standard InChI is InChI=1S/C17H18N2O4/c1-17(2)22-15(20)12(16(21)23-17)14-13-10(7-8-18-14)9-5-3-4-6-11(9)19-13/h3-6,14,18-20H,7-8H2,1-2H3/t14-/m0/s1. The first-order valence-electron chi connectivity index (χ1n) is 7.64. The number of hydrogen-bond acceptors (Lipinski definition) is 5. The van der Waals surface area contributed by atoms with Crippen molar-refractivity contribution >= 4 is 16.9 Å². The van der Waals surface area contributed by atoms with E-state index in [0.717, 1.165) is 28.6 Å². The number of nitrogens with one attached hydrogen (secondary N) is 2. The third kappa shape index (κ3) is 2.17. The number of para-hydroxylation sites is 1. The fourth-order valence-corrected chi connectivity index (χ4v) is 3.34. The lowest BCUT2D eigenvalue weighted by Gasteiger charge is -2.34. The van der Waals surface area contributed by atoms with Gasteiger partial charge in [-0.15, -0.1) is 0 Å². The molecule has 23 heavy (non-hydrogen) atoms. The minimum absolute atomic E-state index is 0.108. The molecular formula is C17H18N2O4. The van der Waals surface area contributed by atoms with Crippen molar-refractivity contribution in [1.82, 2.24) is 10.3 Å². The van der Waals surface area contributed by atoms with Crippen LogP contribution in [0.15, 0.2) is 35.8 Å². The van der Waals surface area contributed by atoms with Crippen molar-refractivity contribution in [2.45, 2.75) is 32.1 Å². The van der Waals surface area contributed by atoms with E-state index in [-0.39, 0.29) is 11.5 Å². The number of H-pyrrole nitrogens is 1. The highest BCUT2D eigenvalue weighted by molar-refractivity contribution is 5.92. The van der Waals surface area contributed by atoms with E-state index in [2.05, 4.69) is 16.4 Å². The van der Waals surface area contributed by atoms with Crippen molar-refractivity contribution < 1.29 is 19.4 Å². The first-order chi connectivity index (χ1) is 11.0. The number of rotatable bonds is 1. The third-order valence-corrected chi connectivity index (χ3v) is 4.28. The maximum absolute atomic E-state index is 12.4. The number of carbonyl (C=O) groups is 1. The van der Waals surface area contributed by atoms with Crippen LogP contribution in [0.2, 0.25) is 0 Å². The maximum Gasteiger partial charge on any atom is 0.346 e. The molecule has 0 bridgehead atoms. The molecule has 0 fully saturated rings. The molecule has 3 heterocycles. The number of cyclic esters (lactones) is 1. The molecule has 4 rings (SSSR count). The first kappa shape index (κ1) is 14.1. The number of carbonyl (C=O) groups excluding carboxylic acids is 1. The Balaban J connectivity index is 1.85. The van der Waals surface area contributed by atoms with Gasteiger partial charge in [0.25, 0.3) is 11.7 Å². The molecule has 120 valence electrons. The molecule has 0 amide bonds. The van der Waals surface area contributed by atoms with Crippen LogP contribution in [0, 0.1) is 0 Å². The zero-order valence-electron chi connectivity index (χ0n) is 13.0. The Labute approximate surface area is 133 Å². The van der Waals surface area contributed by atoms with Crippen LogP contribution in [-0.2, 0) is 20.7 Å². The van der Waals surface area contributed by atoms with E-state index >= 15 is 0 Å². The average Bonchev–Trinajstić information content (AvgIpc) is 2.85. The van der Waals surface area contributed by atoms with Crippen LogP contribution >= 0.6 is 0 Å². The van der Waals surface area contributed by atoms with Crippen LogP contribution in [0.5, 0.6) is 0 Å². The van der Waals surface area contributed by atoms with Crippen molar-refractivity contribution in [1.29, 1.82) is 0 Å². The molecule has 0 aliphatic carbocycles. The molecule has 0 saturated carbocycles. The summed E-state index contributed by atoms with van der Waals surface area (Å²) in [5.41, 5.74) is 3.15. The number of benzene rings is 1. The number of aromatic amines is 1. The molecule has 0 spiro atoms. The fraction of sp³-hybridized carbons (Fsp3) is 0.353. The first-order valence-corrected chi connectivity index (χ1v) is 7.64. The molecule has 0 radical (unpaired) electrons. The minimum atomic E-state index is -1.16. The van der Waals surface area contributed by atoms with Gasteiger partial charge in [0.15, 0.2) is 0 Å². The zero-order valence-corrected chi connectivity index (χ0v) is 13.0. The van der Waals surface area contributed by atoms with Gasteiger partial charge in [-0.3, -0.25) is 0 Å². The van der Waals surface area contributed by atoms with Gasteiger partial charge < -0.3 is 24.9 Å². The van der Waals surface area contributed by atoms with Crippen molar-refractivity contribution in [3.8, 4) is 0 Å². The number of aliphatic hydroxyl groups is 1. The van der Waals surface area contributed by atoms with E-state index in [1.54, 1.807) is 13.8 Å². The molecule has 0 saturated heterocycles. The number of aromatic nitrogens is 1. The van der Waals surface area contributed by atoms with Gasteiger partial charge >= 0.3 is 5.97 Å². The normalized spacial score (nSPS) is 23.4. The monoisotopic (exact) mass is 314 g/mol. The van der Waals surface area contributed by atoms with Gasteiger partial charge in [0.05, 0.1) is 6.04 Å². The molecule has 3 N–H and O–H groups in total. The van der Waals surface area contributed by atoms with Gasteiger partial charge in [-0.05, 0) is 18.1 Å². The summed E-state index contributed by atoms with van der Waals surface area (Å²) >= 11 is 0. The Morgan fingerprint density at radius 2 is 2.04 bits per heavy atom. The summed E-state index contributed by atoms with van der Waals surface area (Å²) in [6.45, 7) is 3.87. The molecule has 6 heteroatoms. The van der Waals surface area contributed by atoms with Crippen molar-refractivity contribution in [3.05, 3.63) is 47.0 Å². The maximum atomic E-state index is 12.4. The summed E-state index contributed by atoms with van der Waals surface area (Å²) < 4.78 is 10.6. The lowest BCUT2D eigenvalue weighted by molar-refractivity contribution is -0.222. The van der Waals surface area contributed by atoms with Crippen molar-refractivity contribution in [2.24, 2.45) is 0 Å². The van der Waals surface area contributed by atoms with Crippen LogP contribution in [0.25, 0.3) is 10.9 Å². The Bertz CT molecular complexity index is 834. The van der Waals surface area contributed by atoms with E-state index in [4.69, 9.17) is 9.47 Å². The SMILES string of the molecule is CC1(C)OC(=O)C([C@@H]2NCCc3c2[nH]c2ccccc32)=C(O)O1. The van der Waals surface area contributed by atoms with Crippen molar-refractivity contribution in [2.75, 3.05) is 6.54 Å². The summed E-state index contributed by atoms with van der Waals surface area (Å²) in [4.78, 5) is 15.7. The van der Waals surface area contributed by atoms with E-state index in [1.807, 2.05) is 18.2 Å². The Morgan fingerprint density at radius 3 is 2.83 bits per heavy atom. The van der Waals surface area contributed by atoms with Gasteiger partial charge in [0, 0.05) is 37.0 Å². The second-order valence-corrected chi connectivity index (χ2v) is 6.31. The van der Waals surface area contributed by atoms with Crippen LogP contribution in [0.4, 0.5) is 0 Å². The summed E-state index contributed by atoms with van der Waals surface area (Å²) in [6.07, 6.45) is 0.852. The van der Waals surface area contributed by atoms with Gasteiger partial charge in [0.1, 0.15) is 5.57 Å². The molecule has 0 unspecified atom stereocenters. The van der Waals surface area contributed by atoms with Crippen LogP contribution in [-0.4, -0.2) is 28.4 Å². The minimum Gasteiger partial charge on any atom is -0.480 e. The number of fused-ring (bicyclic) bond motifs is 3. The fourth-order valence-electron chi connectivity index (χ4n) is 3.34. The molecule has 1 atom stereocenters. The van der Waals surface area contributed by atoms with Crippen LogP contribution in [0.1, 0.15) is 31.1 Å². The highest BCUT2D eigenvalue weighted by Gasteiger charge is 2.42. The van der Waals surface area contributed by atoms with Gasteiger partial charge in [0.2, 0.25) is 0 Å². The summed E-state index contributed by atoms with van der Waals surface area (Å²) in [5.74, 6) is -2.11. The van der Waals surface area contributed by atoms with Crippen molar-refractivity contribution in [3.63, 3.8) is 0 Å². The van der Waals surface area contributed by atoms with E-state index in [1.165, 1.54) is 0 Å². The average molecular weight is 314 g/mol. The van der Waals surface area contributed by atoms with E-state index in [9.17, 15) is 9.90 Å². The molecule has 1 aromatic heterocycles. The third-order valence-electron chi connectivity index (χ3n) is 4.28. The summed E-state index contributed by atoms with van der Waals surface area (Å²) in [6, 6.07) is 7.53. The smallest absolute Gasteiger partial charge is 0.346 e. The molecule has 6 nitrogen and oxygen atoms in total. The quantitative estimate of drug-likeness (QED) is 0.704. The topological polar surface area (TPSA) is 83.6 Å². The molecule has 2 aliphatic rings. The largest absolute Gasteiger partial charge is 0.480 e. The number of ether oxygens (including phenoxy) is 2. The Kier molecular flexibility index (Phi) is 2.93. The lowest BCUT2D eigenvalue weighted by Crippen LogP contribution is -2.42. The molecule has 2 aromatic rings. The highest BCUT2D eigenvalue weighted by atomic mass is 16.8. The second-order valence-electron chi connectivity index (χ2n) is 6.31. The highest BCUT2D eigenvalue weighted by Crippen LogP contribution is 2.37. The lowest BCUT2D eigenvalue weighted by atomic mass is 9.94. The van der Waals surface area contributed by atoms with Gasteiger partial charge in [-0.25, -0.2) is 4.79 Å². The van der Waals surface area contributed by atoms with E-state index < -0.39 is 17.8 Å². The van der Waals surface area contributed by atoms with E-state index in [0.29, 0.717) is 6.54 Å². The van der Waals surface area contributed by atoms with Gasteiger partial charge in [-0.1, -0.05) is 18.2 Å². The Morgan fingerprint density at radius 1 is 1.26 bits per heavy atom. The predicted molar refractivity (Wildman–Crippen MR) is 83.7 cm³/mol. The number of esters is 1. The number of hydrogen-bond donors (Lipinski definition) is 3.